The summed E-state index contributed by atoms with van der Waals surface area (Å²) < 4.78 is 0. The standard InChI is InChI=1S/C11H24N2O/c1-3-10(2)11(14)13-9-7-5-4-6-8-12/h10H,3-9,12H2,1-2H3,(H,13,14). The number of unbranched alkanes of at least 4 members (excludes halogenated alkanes) is 3. The van der Waals surface area contributed by atoms with Crippen molar-refractivity contribution in [3.8, 4) is 0 Å². The zero-order valence-electron chi connectivity index (χ0n) is 9.51. The predicted octanol–water partition coefficient (Wildman–Crippen LogP) is 1.67. The van der Waals surface area contributed by atoms with E-state index in [0.717, 1.165) is 38.8 Å². The van der Waals surface area contributed by atoms with E-state index in [-0.39, 0.29) is 11.8 Å². The Bertz CT molecular complexity index is 148. The van der Waals surface area contributed by atoms with Crippen LogP contribution in [0.15, 0.2) is 0 Å². The number of rotatable bonds is 8. The van der Waals surface area contributed by atoms with Crippen LogP contribution in [0.4, 0.5) is 0 Å². The Morgan fingerprint density at radius 3 is 2.50 bits per heavy atom. The third-order valence-corrected chi connectivity index (χ3v) is 2.49. The number of nitrogens with one attached hydrogen (secondary N) is 1. The van der Waals surface area contributed by atoms with E-state index < -0.39 is 0 Å². The van der Waals surface area contributed by atoms with Crippen LogP contribution < -0.4 is 11.1 Å². The zero-order valence-corrected chi connectivity index (χ0v) is 9.51. The molecule has 0 aromatic rings. The lowest BCUT2D eigenvalue weighted by molar-refractivity contribution is -0.124. The number of hydrogen-bond acceptors (Lipinski definition) is 2. The molecule has 0 heterocycles. The van der Waals surface area contributed by atoms with Crippen LogP contribution in [-0.2, 0) is 4.79 Å². The highest BCUT2D eigenvalue weighted by atomic mass is 16.1. The molecule has 1 amide bonds. The number of carbonyl (C=O) groups is 1. The van der Waals surface area contributed by atoms with Gasteiger partial charge < -0.3 is 11.1 Å². The van der Waals surface area contributed by atoms with Gasteiger partial charge in [0.2, 0.25) is 5.91 Å². The van der Waals surface area contributed by atoms with E-state index >= 15 is 0 Å². The van der Waals surface area contributed by atoms with Crippen molar-refractivity contribution in [2.24, 2.45) is 11.7 Å². The van der Waals surface area contributed by atoms with Gasteiger partial charge in [0.1, 0.15) is 0 Å². The summed E-state index contributed by atoms with van der Waals surface area (Å²) in [6, 6.07) is 0. The van der Waals surface area contributed by atoms with Gasteiger partial charge in [0, 0.05) is 12.5 Å². The molecule has 0 fully saturated rings. The second-order valence-electron chi connectivity index (χ2n) is 3.80. The number of amides is 1. The Labute approximate surface area is 87.4 Å². The van der Waals surface area contributed by atoms with Gasteiger partial charge in [0.15, 0.2) is 0 Å². The van der Waals surface area contributed by atoms with Crippen LogP contribution in [-0.4, -0.2) is 19.0 Å². The Morgan fingerprint density at radius 1 is 1.29 bits per heavy atom. The summed E-state index contributed by atoms with van der Waals surface area (Å²) in [6.07, 6.45) is 5.42. The lowest BCUT2D eigenvalue weighted by atomic mass is 10.1. The number of carbonyl (C=O) groups excluding carboxylic acids is 1. The first-order valence-corrected chi connectivity index (χ1v) is 5.70. The molecule has 0 aliphatic rings. The molecule has 84 valence electrons. The molecule has 0 aliphatic carbocycles. The quantitative estimate of drug-likeness (QED) is 0.586. The van der Waals surface area contributed by atoms with Gasteiger partial charge in [0.05, 0.1) is 0 Å². The van der Waals surface area contributed by atoms with Crippen molar-refractivity contribution in [1.29, 1.82) is 0 Å². The lowest BCUT2D eigenvalue weighted by Crippen LogP contribution is -2.29. The van der Waals surface area contributed by atoms with Gasteiger partial charge in [0.25, 0.3) is 0 Å². The molecular weight excluding hydrogens is 176 g/mol. The molecule has 14 heavy (non-hydrogen) atoms. The normalized spacial score (nSPS) is 12.5. The maximum Gasteiger partial charge on any atom is 0.222 e. The Kier molecular flexibility index (Phi) is 8.64. The highest BCUT2D eigenvalue weighted by molar-refractivity contribution is 5.78. The van der Waals surface area contributed by atoms with E-state index in [0.29, 0.717) is 0 Å². The molecular formula is C11H24N2O. The first kappa shape index (κ1) is 13.4. The summed E-state index contributed by atoms with van der Waals surface area (Å²) >= 11 is 0. The van der Waals surface area contributed by atoms with Crippen LogP contribution in [0.25, 0.3) is 0 Å². The van der Waals surface area contributed by atoms with Crippen LogP contribution in [0.2, 0.25) is 0 Å². The Balaban J connectivity index is 3.23. The average molecular weight is 200 g/mol. The van der Waals surface area contributed by atoms with E-state index in [9.17, 15) is 4.79 Å². The predicted molar refractivity (Wildman–Crippen MR) is 60.0 cm³/mol. The van der Waals surface area contributed by atoms with Gasteiger partial charge in [-0.15, -0.1) is 0 Å². The van der Waals surface area contributed by atoms with Crippen molar-refractivity contribution in [2.75, 3.05) is 13.1 Å². The maximum atomic E-state index is 11.3. The molecule has 3 heteroatoms. The summed E-state index contributed by atoms with van der Waals surface area (Å²) in [5.74, 6) is 0.338. The topological polar surface area (TPSA) is 55.1 Å². The highest BCUT2D eigenvalue weighted by Crippen LogP contribution is 2.01. The van der Waals surface area contributed by atoms with Gasteiger partial charge in [-0.2, -0.15) is 0 Å². The van der Waals surface area contributed by atoms with Crippen molar-refractivity contribution in [3.05, 3.63) is 0 Å². The summed E-state index contributed by atoms with van der Waals surface area (Å²) in [5, 5.41) is 2.94. The fourth-order valence-electron chi connectivity index (χ4n) is 1.19. The molecule has 1 atom stereocenters. The van der Waals surface area contributed by atoms with Crippen molar-refractivity contribution in [2.45, 2.75) is 46.0 Å². The smallest absolute Gasteiger partial charge is 0.222 e. The van der Waals surface area contributed by atoms with Crippen LogP contribution in [0.1, 0.15) is 46.0 Å². The zero-order chi connectivity index (χ0) is 10.8. The molecule has 0 spiro atoms. The highest BCUT2D eigenvalue weighted by Gasteiger charge is 2.08. The van der Waals surface area contributed by atoms with Crippen LogP contribution in [0.5, 0.6) is 0 Å². The monoisotopic (exact) mass is 200 g/mol. The molecule has 0 rings (SSSR count). The first-order chi connectivity index (χ1) is 6.72. The minimum Gasteiger partial charge on any atom is -0.356 e. The molecule has 3 nitrogen and oxygen atoms in total. The number of nitrogens with two attached hydrogens (primary N) is 1. The maximum absolute atomic E-state index is 11.3. The third-order valence-electron chi connectivity index (χ3n) is 2.49. The average Bonchev–Trinajstić information content (AvgIpc) is 2.21. The van der Waals surface area contributed by atoms with E-state index in [2.05, 4.69) is 5.32 Å². The summed E-state index contributed by atoms with van der Waals surface area (Å²) in [4.78, 5) is 11.3. The minimum absolute atomic E-state index is 0.152. The second kappa shape index (κ2) is 9.00. The van der Waals surface area contributed by atoms with E-state index in [4.69, 9.17) is 5.73 Å². The van der Waals surface area contributed by atoms with E-state index in [1.54, 1.807) is 0 Å². The van der Waals surface area contributed by atoms with Crippen LogP contribution in [0.3, 0.4) is 0 Å². The van der Waals surface area contributed by atoms with E-state index in [1.807, 2.05) is 13.8 Å². The molecule has 0 saturated heterocycles. The van der Waals surface area contributed by atoms with Gasteiger partial charge >= 0.3 is 0 Å². The van der Waals surface area contributed by atoms with Crippen molar-refractivity contribution >= 4 is 5.91 Å². The summed E-state index contributed by atoms with van der Waals surface area (Å²) in [6.45, 7) is 5.59. The van der Waals surface area contributed by atoms with Crippen molar-refractivity contribution in [1.82, 2.24) is 5.32 Å². The Hall–Kier alpha value is -0.570. The fourth-order valence-corrected chi connectivity index (χ4v) is 1.19. The van der Waals surface area contributed by atoms with Crippen LogP contribution in [0, 0.1) is 5.92 Å². The molecule has 0 aromatic heterocycles. The van der Waals surface area contributed by atoms with Gasteiger partial charge in [-0.1, -0.05) is 26.7 Å². The minimum atomic E-state index is 0.152. The van der Waals surface area contributed by atoms with Gasteiger partial charge in [-0.05, 0) is 25.8 Å². The SMILES string of the molecule is CCC(C)C(=O)NCCCCCCN. The fraction of sp³-hybridized carbons (Fsp3) is 0.909. The Morgan fingerprint density at radius 2 is 1.93 bits per heavy atom. The van der Waals surface area contributed by atoms with E-state index in [1.165, 1.54) is 6.42 Å². The molecule has 0 radical (unpaired) electrons. The third kappa shape index (κ3) is 6.89. The number of hydrogen-bond donors (Lipinski definition) is 2. The second-order valence-corrected chi connectivity index (χ2v) is 3.80. The largest absolute Gasteiger partial charge is 0.356 e. The lowest BCUT2D eigenvalue weighted by Gasteiger charge is -2.09. The summed E-state index contributed by atoms with van der Waals surface area (Å²) in [5.41, 5.74) is 5.38. The molecule has 0 saturated carbocycles. The molecule has 0 aromatic carbocycles. The van der Waals surface area contributed by atoms with Crippen LogP contribution >= 0.6 is 0 Å². The van der Waals surface area contributed by atoms with Gasteiger partial charge in [-0.25, -0.2) is 0 Å². The molecule has 1 unspecified atom stereocenters. The molecule has 3 N–H and O–H groups in total. The molecule has 0 bridgehead atoms. The van der Waals surface area contributed by atoms with Crippen molar-refractivity contribution in [3.63, 3.8) is 0 Å². The summed E-state index contributed by atoms with van der Waals surface area (Å²) in [7, 11) is 0. The first-order valence-electron chi connectivity index (χ1n) is 5.70. The van der Waals surface area contributed by atoms with Gasteiger partial charge in [-0.3, -0.25) is 4.79 Å². The van der Waals surface area contributed by atoms with Crippen molar-refractivity contribution < 1.29 is 4.79 Å². The molecule has 0 aliphatic heterocycles.